The molecule has 2 aromatic heterocycles. The van der Waals surface area contributed by atoms with Crippen LogP contribution in [0.4, 0.5) is 5.82 Å². The Morgan fingerprint density at radius 2 is 2.25 bits per heavy atom. The molecule has 0 fully saturated rings. The lowest BCUT2D eigenvalue weighted by atomic mass is 10.2. The lowest BCUT2D eigenvalue weighted by Crippen LogP contribution is -2.20. The van der Waals surface area contributed by atoms with Gasteiger partial charge in [-0.1, -0.05) is 6.92 Å². The van der Waals surface area contributed by atoms with E-state index in [4.69, 9.17) is 0 Å². The Morgan fingerprint density at radius 1 is 1.40 bits per heavy atom. The topological polar surface area (TPSA) is 66.9 Å². The summed E-state index contributed by atoms with van der Waals surface area (Å²) in [4.78, 5) is 21.6. The van der Waals surface area contributed by atoms with Crippen LogP contribution in [0, 0.1) is 0 Å². The third-order valence-electron chi connectivity index (χ3n) is 2.86. The van der Waals surface area contributed by atoms with E-state index in [1.54, 1.807) is 36.7 Å². The van der Waals surface area contributed by atoms with Gasteiger partial charge in [-0.3, -0.25) is 4.79 Å². The van der Waals surface area contributed by atoms with E-state index >= 15 is 0 Å². The van der Waals surface area contributed by atoms with Crippen molar-refractivity contribution in [2.75, 3.05) is 18.9 Å². The van der Waals surface area contributed by atoms with Crippen molar-refractivity contribution in [2.24, 2.45) is 0 Å². The number of nitrogens with one attached hydrogen (secondary N) is 2. The summed E-state index contributed by atoms with van der Waals surface area (Å²) in [7, 11) is 1.61. The number of amides is 1. The Kier molecular flexibility index (Phi) is 5.06. The molecule has 2 N–H and O–H groups in total. The van der Waals surface area contributed by atoms with E-state index in [9.17, 15) is 4.79 Å². The van der Waals surface area contributed by atoms with E-state index in [2.05, 4.69) is 27.5 Å². The first kappa shape index (κ1) is 14.5. The second kappa shape index (κ2) is 7.00. The first-order valence-corrected chi connectivity index (χ1v) is 7.40. The van der Waals surface area contributed by atoms with Gasteiger partial charge in [0.05, 0.1) is 10.6 Å². The van der Waals surface area contributed by atoms with E-state index < -0.39 is 0 Å². The van der Waals surface area contributed by atoms with E-state index in [1.807, 2.05) is 6.20 Å². The van der Waals surface area contributed by atoms with Crippen LogP contribution in [0.1, 0.15) is 27.2 Å². The molecule has 2 heterocycles. The maximum absolute atomic E-state index is 11.7. The smallest absolute Gasteiger partial charge is 0.254 e. The molecule has 20 heavy (non-hydrogen) atoms. The fourth-order valence-electron chi connectivity index (χ4n) is 1.78. The predicted molar refractivity (Wildman–Crippen MR) is 81.3 cm³/mol. The van der Waals surface area contributed by atoms with Gasteiger partial charge in [0.25, 0.3) is 5.91 Å². The van der Waals surface area contributed by atoms with E-state index in [0.29, 0.717) is 17.9 Å². The number of carbonyl (C=O) groups is 1. The van der Waals surface area contributed by atoms with Crippen molar-refractivity contribution in [3.05, 3.63) is 40.0 Å². The highest BCUT2D eigenvalue weighted by molar-refractivity contribution is 7.11. The highest BCUT2D eigenvalue weighted by Gasteiger charge is 2.10. The minimum absolute atomic E-state index is 0.136. The summed E-state index contributed by atoms with van der Waals surface area (Å²) in [5.41, 5.74) is 0.559. The van der Waals surface area contributed by atoms with Crippen LogP contribution in [-0.4, -0.2) is 29.5 Å². The number of carbonyl (C=O) groups excluding carboxylic acids is 1. The number of aromatic nitrogens is 2. The monoisotopic (exact) mass is 290 g/mol. The molecule has 0 unspecified atom stereocenters. The number of pyridine rings is 1. The second-order valence-electron chi connectivity index (χ2n) is 4.23. The van der Waals surface area contributed by atoms with Gasteiger partial charge in [0, 0.05) is 37.3 Å². The molecule has 0 aliphatic heterocycles. The number of hydrogen-bond acceptors (Lipinski definition) is 5. The second-order valence-corrected chi connectivity index (χ2v) is 5.43. The Hall–Kier alpha value is -1.95. The molecule has 0 saturated carbocycles. The van der Waals surface area contributed by atoms with E-state index in [-0.39, 0.29) is 5.91 Å². The summed E-state index contributed by atoms with van der Waals surface area (Å²) in [6, 6.07) is 3.51. The van der Waals surface area contributed by atoms with Crippen LogP contribution >= 0.6 is 11.3 Å². The van der Waals surface area contributed by atoms with Gasteiger partial charge < -0.3 is 10.6 Å². The largest absolute Gasteiger partial charge is 0.369 e. The molecule has 6 heteroatoms. The first-order valence-electron chi connectivity index (χ1n) is 6.59. The quantitative estimate of drug-likeness (QED) is 0.855. The number of thiazole rings is 1. The molecule has 5 nitrogen and oxygen atoms in total. The number of hydrogen-bond donors (Lipinski definition) is 2. The van der Waals surface area contributed by atoms with Crippen molar-refractivity contribution in [1.29, 1.82) is 0 Å². The van der Waals surface area contributed by atoms with Crippen molar-refractivity contribution in [3.8, 4) is 0 Å². The van der Waals surface area contributed by atoms with Crippen LogP contribution < -0.4 is 10.6 Å². The van der Waals surface area contributed by atoms with Crippen LogP contribution in [0.15, 0.2) is 24.5 Å². The van der Waals surface area contributed by atoms with Crippen molar-refractivity contribution in [3.63, 3.8) is 0 Å². The molecule has 106 valence electrons. The standard InChI is InChI=1S/C14H18N4OS/c1-3-10-9-18-12(20-10)6-8-17-13-11(14(19)15-2)5-4-7-16-13/h4-5,7,9H,3,6,8H2,1-2H3,(H,15,19)(H,16,17). The summed E-state index contributed by atoms with van der Waals surface area (Å²) in [6.07, 6.45) is 5.45. The Bertz CT molecular complexity index is 582. The zero-order valence-electron chi connectivity index (χ0n) is 11.6. The average Bonchev–Trinajstić information content (AvgIpc) is 2.95. The lowest BCUT2D eigenvalue weighted by molar-refractivity contribution is 0.0963. The van der Waals surface area contributed by atoms with Crippen molar-refractivity contribution in [2.45, 2.75) is 19.8 Å². The molecular formula is C14H18N4OS. The molecule has 0 atom stereocenters. The maximum atomic E-state index is 11.7. The molecule has 0 aliphatic carbocycles. The molecular weight excluding hydrogens is 272 g/mol. The summed E-state index contributed by atoms with van der Waals surface area (Å²) >= 11 is 1.73. The maximum Gasteiger partial charge on any atom is 0.254 e. The molecule has 2 aromatic rings. The number of rotatable bonds is 6. The third kappa shape index (κ3) is 3.54. The molecule has 0 aliphatic rings. The third-order valence-corrected chi connectivity index (χ3v) is 4.06. The Labute approximate surface area is 122 Å². The van der Waals surface area contributed by atoms with Crippen molar-refractivity contribution in [1.82, 2.24) is 15.3 Å². The summed E-state index contributed by atoms with van der Waals surface area (Å²) in [6.45, 7) is 2.83. The van der Waals surface area contributed by atoms with Gasteiger partial charge in [-0.25, -0.2) is 9.97 Å². The summed E-state index contributed by atoms with van der Waals surface area (Å²) < 4.78 is 0. The zero-order valence-corrected chi connectivity index (χ0v) is 12.5. The van der Waals surface area contributed by atoms with Crippen LogP contribution in [0.2, 0.25) is 0 Å². The summed E-state index contributed by atoms with van der Waals surface area (Å²) in [5.74, 6) is 0.474. The molecule has 0 spiro atoms. The van der Waals surface area contributed by atoms with Gasteiger partial charge in [0.15, 0.2) is 0 Å². The number of anilines is 1. The zero-order chi connectivity index (χ0) is 14.4. The average molecular weight is 290 g/mol. The van der Waals surface area contributed by atoms with Crippen LogP contribution in [0.3, 0.4) is 0 Å². The van der Waals surface area contributed by atoms with E-state index in [1.165, 1.54) is 4.88 Å². The van der Waals surface area contributed by atoms with Crippen LogP contribution in [0.25, 0.3) is 0 Å². The highest BCUT2D eigenvalue weighted by Crippen LogP contribution is 2.15. The molecule has 0 radical (unpaired) electrons. The van der Waals surface area contributed by atoms with Crippen molar-refractivity contribution < 1.29 is 4.79 Å². The van der Waals surface area contributed by atoms with Gasteiger partial charge in [0.2, 0.25) is 0 Å². The fraction of sp³-hybridized carbons (Fsp3) is 0.357. The summed E-state index contributed by atoms with van der Waals surface area (Å²) in [5, 5.41) is 6.91. The molecule has 0 bridgehead atoms. The highest BCUT2D eigenvalue weighted by atomic mass is 32.1. The molecule has 0 aromatic carbocycles. The van der Waals surface area contributed by atoms with Gasteiger partial charge in [-0.15, -0.1) is 11.3 Å². The van der Waals surface area contributed by atoms with Gasteiger partial charge in [-0.2, -0.15) is 0 Å². The van der Waals surface area contributed by atoms with Gasteiger partial charge in [-0.05, 0) is 18.6 Å². The van der Waals surface area contributed by atoms with Crippen LogP contribution in [-0.2, 0) is 12.8 Å². The number of nitrogens with zero attached hydrogens (tertiary/aromatic N) is 2. The number of aryl methyl sites for hydroxylation is 1. The van der Waals surface area contributed by atoms with Crippen LogP contribution in [0.5, 0.6) is 0 Å². The Morgan fingerprint density at radius 3 is 2.95 bits per heavy atom. The minimum atomic E-state index is -0.136. The Balaban J connectivity index is 1.95. The normalized spacial score (nSPS) is 10.3. The molecule has 2 rings (SSSR count). The van der Waals surface area contributed by atoms with Gasteiger partial charge >= 0.3 is 0 Å². The molecule has 1 amide bonds. The predicted octanol–water partition coefficient (Wildman–Crippen LogP) is 2.11. The molecule has 0 saturated heterocycles. The fourth-order valence-corrected chi connectivity index (χ4v) is 2.64. The van der Waals surface area contributed by atoms with E-state index in [0.717, 1.165) is 17.8 Å². The first-order chi connectivity index (χ1) is 9.74. The van der Waals surface area contributed by atoms with Gasteiger partial charge in [0.1, 0.15) is 5.82 Å². The SMILES string of the molecule is CCc1cnc(CCNc2ncccc2C(=O)NC)s1. The minimum Gasteiger partial charge on any atom is -0.369 e. The van der Waals surface area contributed by atoms with Crippen molar-refractivity contribution >= 4 is 23.1 Å². The lowest BCUT2D eigenvalue weighted by Gasteiger charge is -2.08.